The minimum atomic E-state index is -0.316. The molecule has 0 aliphatic rings. The van der Waals surface area contributed by atoms with E-state index in [0.29, 0.717) is 18.1 Å². The molecule has 1 aromatic carbocycles. The predicted molar refractivity (Wildman–Crippen MR) is 97.4 cm³/mol. The minimum Gasteiger partial charge on any atom is -0.489 e. The summed E-state index contributed by atoms with van der Waals surface area (Å²) in [6, 6.07) is 14.4. The van der Waals surface area contributed by atoms with Crippen molar-refractivity contribution < 1.29 is 13.9 Å². The first-order valence-corrected chi connectivity index (χ1v) is 8.29. The number of nitrogens with zero attached hydrogens (tertiary/aromatic N) is 2. The fraction of sp³-hybridized carbons (Fsp3) is 0.211. The molecule has 3 rings (SSSR count). The lowest BCUT2D eigenvalue weighted by molar-refractivity contribution is 0.0942. The van der Waals surface area contributed by atoms with Crippen molar-refractivity contribution in [1.29, 1.82) is 0 Å². The smallest absolute Gasteiger partial charge is 0.272 e. The molecule has 0 spiro atoms. The Morgan fingerprint density at radius 1 is 1.12 bits per heavy atom. The molecule has 0 saturated carbocycles. The number of rotatable bonds is 7. The van der Waals surface area contributed by atoms with Gasteiger partial charge in [-0.1, -0.05) is 12.1 Å². The fourth-order valence-electron chi connectivity index (χ4n) is 2.26. The van der Waals surface area contributed by atoms with Crippen LogP contribution >= 0.6 is 0 Å². The zero-order valence-electron chi connectivity index (χ0n) is 14.6. The molecule has 26 heavy (non-hydrogen) atoms. The van der Waals surface area contributed by atoms with Crippen LogP contribution in [0.25, 0.3) is 0 Å². The van der Waals surface area contributed by atoms with Crippen LogP contribution in [0.4, 0.5) is 11.5 Å². The Balaban J connectivity index is 1.63. The molecule has 0 atom stereocenters. The van der Waals surface area contributed by atoms with Crippen molar-refractivity contribution >= 4 is 17.4 Å². The highest BCUT2D eigenvalue weighted by Crippen LogP contribution is 2.27. The van der Waals surface area contributed by atoms with E-state index in [1.165, 1.54) is 0 Å². The van der Waals surface area contributed by atoms with Gasteiger partial charge in [-0.15, -0.1) is 10.2 Å². The van der Waals surface area contributed by atoms with E-state index in [0.717, 1.165) is 11.4 Å². The summed E-state index contributed by atoms with van der Waals surface area (Å²) in [6.45, 7) is 4.23. The molecule has 2 aromatic heterocycles. The first kappa shape index (κ1) is 17.5. The number of carbonyl (C=O) groups excluding carboxylic acids is 1. The van der Waals surface area contributed by atoms with Crippen LogP contribution in [-0.2, 0) is 6.54 Å². The Labute approximate surface area is 151 Å². The van der Waals surface area contributed by atoms with Crippen LogP contribution in [-0.4, -0.2) is 22.2 Å². The van der Waals surface area contributed by atoms with Gasteiger partial charge in [-0.2, -0.15) is 0 Å². The van der Waals surface area contributed by atoms with Gasteiger partial charge in [0.1, 0.15) is 11.5 Å². The van der Waals surface area contributed by atoms with E-state index < -0.39 is 0 Å². The summed E-state index contributed by atoms with van der Waals surface area (Å²) >= 11 is 0. The first-order chi connectivity index (χ1) is 12.6. The summed E-state index contributed by atoms with van der Waals surface area (Å²) in [7, 11) is 0. The van der Waals surface area contributed by atoms with Crippen LogP contribution in [0.15, 0.2) is 59.2 Å². The van der Waals surface area contributed by atoms with Crippen molar-refractivity contribution in [2.24, 2.45) is 0 Å². The molecule has 0 aliphatic carbocycles. The number of ether oxygens (including phenoxy) is 1. The molecule has 3 aromatic rings. The van der Waals surface area contributed by atoms with Gasteiger partial charge in [-0.3, -0.25) is 4.79 Å². The Morgan fingerprint density at radius 3 is 2.65 bits per heavy atom. The van der Waals surface area contributed by atoms with Crippen molar-refractivity contribution in [3.05, 3.63) is 66.2 Å². The second kappa shape index (κ2) is 8.15. The molecule has 7 heteroatoms. The quantitative estimate of drug-likeness (QED) is 0.676. The fourth-order valence-corrected chi connectivity index (χ4v) is 2.26. The van der Waals surface area contributed by atoms with Gasteiger partial charge in [0.15, 0.2) is 11.5 Å². The number of para-hydroxylation sites is 2. The molecular weight excluding hydrogens is 332 g/mol. The van der Waals surface area contributed by atoms with Crippen LogP contribution in [0, 0.1) is 0 Å². The summed E-state index contributed by atoms with van der Waals surface area (Å²) in [6.07, 6.45) is 1.62. The van der Waals surface area contributed by atoms with Crippen molar-refractivity contribution in [1.82, 2.24) is 15.5 Å². The number of benzene rings is 1. The summed E-state index contributed by atoms with van der Waals surface area (Å²) in [5.41, 5.74) is 1.01. The summed E-state index contributed by atoms with van der Waals surface area (Å²) in [5.74, 6) is 1.60. The van der Waals surface area contributed by atoms with Gasteiger partial charge < -0.3 is 19.8 Å². The van der Waals surface area contributed by atoms with Crippen LogP contribution in [0.5, 0.6) is 5.75 Å². The topological polar surface area (TPSA) is 89.3 Å². The van der Waals surface area contributed by atoms with Crippen molar-refractivity contribution in [2.45, 2.75) is 26.5 Å². The van der Waals surface area contributed by atoms with Crippen LogP contribution in [0.2, 0.25) is 0 Å². The van der Waals surface area contributed by atoms with E-state index in [1.807, 2.05) is 38.1 Å². The number of hydrogen-bond donors (Lipinski definition) is 2. The molecule has 1 amide bonds. The average Bonchev–Trinajstić information content (AvgIpc) is 3.15. The van der Waals surface area contributed by atoms with Crippen molar-refractivity contribution in [3.8, 4) is 5.75 Å². The van der Waals surface area contributed by atoms with Gasteiger partial charge in [0.2, 0.25) is 0 Å². The van der Waals surface area contributed by atoms with Gasteiger partial charge >= 0.3 is 0 Å². The minimum absolute atomic E-state index is 0.0595. The lowest BCUT2D eigenvalue weighted by Crippen LogP contribution is -2.23. The maximum atomic E-state index is 12.1. The number of aromatic nitrogens is 2. The first-order valence-electron chi connectivity index (χ1n) is 8.29. The Kier molecular flexibility index (Phi) is 5.48. The molecule has 0 radical (unpaired) electrons. The molecule has 7 nitrogen and oxygen atoms in total. The lowest BCUT2D eigenvalue weighted by atomic mass is 10.3. The molecular formula is C19H20N4O3. The highest BCUT2D eigenvalue weighted by molar-refractivity contribution is 5.92. The third-order valence-electron chi connectivity index (χ3n) is 3.41. The maximum Gasteiger partial charge on any atom is 0.272 e. The van der Waals surface area contributed by atoms with Crippen LogP contribution in [0.3, 0.4) is 0 Å². The van der Waals surface area contributed by atoms with E-state index in [2.05, 4.69) is 20.8 Å². The van der Waals surface area contributed by atoms with Gasteiger partial charge in [-0.05, 0) is 50.2 Å². The molecule has 0 bridgehead atoms. The number of amides is 1. The van der Waals surface area contributed by atoms with Crippen LogP contribution in [0.1, 0.15) is 30.1 Å². The average molecular weight is 352 g/mol. The SMILES string of the molecule is CC(C)Oc1ccccc1Nc1ccc(C(=O)NCc2ccco2)nn1. The number of hydrogen-bond acceptors (Lipinski definition) is 6. The number of carbonyl (C=O) groups is 1. The monoisotopic (exact) mass is 352 g/mol. The molecule has 0 fully saturated rings. The second-order valence-electron chi connectivity index (χ2n) is 5.85. The molecule has 2 N–H and O–H groups in total. The number of nitrogens with one attached hydrogen (secondary N) is 2. The third kappa shape index (κ3) is 4.60. The van der Waals surface area contributed by atoms with Gasteiger partial charge in [-0.25, -0.2) is 0 Å². The third-order valence-corrected chi connectivity index (χ3v) is 3.41. The highest BCUT2D eigenvalue weighted by Gasteiger charge is 2.10. The van der Waals surface area contributed by atoms with Gasteiger partial charge in [0, 0.05) is 0 Å². The predicted octanol–water partition coefficient (Wildman–Crippen LogP) is 3.53. The van der Waals surface area contributed by atoms with Crippen molar-refractivity contribution in [2.75, 3.05) is 5.32 Å². The molecule has 0 aliphatic heterocycles. The van der Waals surface area contributed by atoms with E-state index >= 15 is 0 Å². The highest BCUT2D eigenvalue weighted by atomic mass is 16.5. The van der Waals surface area contributed by atoms with E-state index in [1.54, 1.807) is 30.5 Å². The van der Waals surface area contributed by atoms with Gasteiger partial charge in [0.05, 0.1) is 24.6 Å². The van der Waals surface area contributed by atoms with E-state index in [9.17, 15) is 4.79 Å². The summed E-state index contributed by atoms with van der Waals surface area (Å²) in [4.78, 5) is 12.1. The Morgan fingerprint density at radius 2 is 1.96 bits per heavy atom. The van der Waals surface area contributed by atoms with E-state index in [4.69, 9.17) is 9.15 Å². The zero-order valence-corrected chi connectivity index (χ0v) is 14.6. The Bertz CT molecular complexity index is 845. The largest absolute Gasteiger partial charge is 0.489 e. The Hall–Kier alpha value is -3.35. The molecule has 0 saturated heterocycles. The zero-order chi connectivity index (χ0) is 18.4. The number of anilines is 2. The van der Waals surface area contributed by atoms with Gasteiger partial charge in [0.25, 0.3) is 5.91 Å². The lowest BCUT2D eigenvalue weighted by Gasteiger charge is -2.14. The summed E-state index contributed by atoms with van der Waals surface area (Å²) in [5, 5.41) is 13.9. The van der Waals surface area contributed by atoms with E-state index in [-0.39, 0.29) is 17.7 Å². The molecule has 134 valence electrons. The normalized spacial score (nSPS) is 10.6. The number of furan rings is 1. The second-order valence-corrected chi connectivity index (χ2v) is 5.85. The van der Waals surface area contributed by atoms with Crippen molar-refractivity contribution in [3.63, 3.8) is 0 Å². The summed E-state index contributed by atoms with van der Waals surface area (Å²) < 4.78 is 10.9. The maximum absolute atomic E-state index is 12.1. The molecule has 2 heterocycles. The molecule has 0 unspecified atom stereocenters. The van der Waals surface area contributed by atoms with Crippen LogP contribution < -0.4 is 15.4 Å². The standard InChI is InChI=1S/C19H20N4O3/c1-13(2)26-17-8-4-3-7-15(17)21-18-10-9-16(22-23-18)19(24)20-12-14-6-5-11-25-14/h3-11,13H,12H2,1-2H3,(H,20,24)(H,21,23).